The molecule has 3 nitrogen and oxygen atoms in total. The highest BCUT2D eigenvalue weighted by Gasteiger charge is 2.06. The van der Waals surface area contributed by atoms with Crippen LogP contribution < -0.4 is 0 Å². The predicted octanol–water partition coefficient (Wildman–Crippen LogP) is 2.81. The number of aromatic nitrogens is 3. The van der Waals surface area contributed by atoms with E-state index in [1.54, 1.807) is 17.7 Å². The third kappa shape index (κ3) is 1.93. The molecule has 5 heteroatoms. The van der Waals surface area contributed by atoms with Gasteiger partial charge in [0.2, 0.25) is 0 Å². The SMILES string of the molecule is CC(Cc1ccsc1)n1cn[nH]c1=S. The Labute approximate surface area is 91.4 Å². The zero-order chi connectivity index (χ0) is 9.97. The molecular formula is C9H11N3S2. The van der Waals surface area contributed by atoms with Gasteiger partial charge in [-0.1, -0.05) is 0 Å². The number of H-pyrrole nitrogens is 1. The van der Waals surface area contributed by atoms with E-state index in [4.69, 9.17) is 12.2 Å². The maximum Gasteiger partial charge on any atom is 0.195 e. The third-order valence-corrected chi connectivity index (χ3v) is 3.20. The number of rotatable bonds is 3. The van der Waals surface area contributed by atoms with E-state index in [9.17, 15) is 0 Å². The Balaban J connectivity index is 2.14. The fourth-order valence-corrected chi connectivity index (χ4v) is 2.38. The average Bonchev–Trinajstić information content (AvgIpc) is 2.75. The van der Waals surface area contributed by atoms with Gasteiger partial charge < -0.3 is 4.57 Å². The van der Waals surface area contributed by atoms with Gasteiger partial charge in [-0.05, 0) is 48.0 Å². The van der Waals surface area contributed by atoms with Crippen LogP contribution in [0.2, 0.25) is 0 Å². The van der Waals surface area contributed by atoms with Gasteiger partial charge in [-0.25, -0.2) is 0 Å². The Morgan fingerprint density at radius 3 is 3.14 bits per heavy atom. The highest BCUT2D eigenvalue weighted by molar-refractivity contribution is 7.71. The lowest BCUT2D eigenvalue weighted by atomic mass is 10.1. The normalized spacial score (nSPS) is 12.9. The number of hydrogen-bond acceptors (Lipinski definition) is 3. The van der Waals surface area contributed by atoms with Crippen LogP contribution in [-0.2, 0) is 6.42 Å². The predicted molar refractivity (Wildman–Crippen MR) is 60.1 cm³/mol. The summed E-state index contributed by atoms with van der Waals surface area (Å²) in [6.45, 7) is 2.14. The van der Waals surface area contributed by atoms with Gasteiger partial charge in [0.1, 0.15) is 6.33 Å². The van der Waals surface area contributed by atoms with Crippen LogP contribution in [0.5, 0.6) is 0 Å². The first-order valence-electron chi connectivity index (χ1n) is 4.40. The summed E-state index contributed by atoms with van der Waals surface area (Å²) in [6.07, 6.45) is 2.75. The third-order valence-electron chi connectivity index (χ3n) is 2.16. The topological polar surface area (TPSA) is 33.6 Å². The lowest BCUT2D eigenvalue weighted by Crippen LogP contribution is -2.06. The van der Waals surface area contributed by atoms with Crippen LogP contribution in [0.4, 0.5) is 0 Å². The molecule has 0 aromatic carbocycles. The molecule has 0 bridgehead atoms. The second-order valence-electron chi connectivity index (χ2n) is 3.25. The average molecular weight is 225 g/mol. The van der Waals surface area contributed by atoms with Crippen LogP contribution in [0.1, 0.15) is 18.5 Å². The van der Waals surface area contributed by atoms with Crippen LogP contribution in [0.15, 0.2) is 23.2 Å². The van der Waals surface area contributed by atoms with Gasteiger partial charge in [0, 0.05) is 6.04 Å². The molecule has 2 rings (SSSR count). The van der Waals surface area contributed by atoms with Crippen LogP contribution >= 0.6 is 23.6 Å². The first kappa shape index (κ1) is 9.61. The first-order valence-corrected chi connectivity index (χ1v) is 5.75. The molecule has 0 saturated carbocycles. The van der Waals surface area contributed by atoms with Crippen LogP contribution in [0, 0.1) is 4.77 Å². The van der Waals surface area contributed by atoms with Crippen molar-refractivity contribution in [2.75, 3.05) is 0 Å². The molecule has 0 aliphatic carbocycles. The van der Waals surface area contributed by atoms with Gasteiger partial charge >= 0.3 is 0 Å². The van der Waals surface area contributed by atoms with E-state index >= 15 is 0 Å². The molecular weight excluding hydrogens is 214 g/mol. The highest BCUT2D eigenvalue weighted by Crippen LogP contribution is 2.15. The molecule has 0 saturated heterocycles. The number of nitrogens with one attached hydrogen (secondary N) is 1. The summed E-state index contributed by atoms with van der Waals surface area (Å²) >= 11 is 6.83. The highest BCUT2D eigenvalue weighted by atomic mass is 32.1. The summed E-state index contributed by atoms with van der Waals surface area (Å²) in [5, 5.41) is 10.9. The molecule has 1 unspecified atom stereocenters. The van der Waals surface area contributed by atoms with E-state index in [1.807, 2.05) is 4.57 Å². The summed E-state index contributed by atoms with van der Waals surface area (Å²) in [6, 6.07) is 2.50. The quantitative estimate of drug-likeness (QED) is 0.815. The van der Waals surface area contributed by atoms with Crippen molar-refractivity contribution < 1.29 is 0 Å². The van der Waals surface area contributed by atoms with Gasteiger partial charge in [0.25, 0.3) is 0 Å². The molecule has 2 aromatic rings. The first-order chi connectivity index (χ1) is 6.77. The van der Waals surface area contributed by atoms with E-state index in [0.717, 1.165) is 6.42 Å². The Kier molecular flexibility index (Phi) is 2.79. The van der Waals surface area contributed by atoms with Crippen molar-refractivity contribution in [3.63, 3.8) is 0 Å². The second kappa shape index (κ2) is 4.06. The lowest BCUT2D eigenvalue weighted by Gasteiger charge is -2.10. The van der Waals surface area contributed by atoms with Crippen molar-refractivity contribution in [1.82, 2.24) is 14.8 Å². The van der Waals surface area contributed by atoms with Crippen molar-refractivity contribution >= 4 is 23.6 Å². The molecule has 1 N–H and O–H groups in total. The molecule has 14 heavy (non-hydrogen) atoms. The van der Waals surface area contributed by atoms with E-state index in [-0.39, 0.29) is 0 Å². The van der Waals surface area contributed by atoms with Crippen molar-refractivity contribution in [1.29, 1.82) is 0 Å². The molecule has 0 aliphatic heterocycles. The Hall–Kier alpha value is -0.940. The second-order valence-corrected chi connectivity index (χ2v) is 4.42. The number of hydrogen-bond donors (Lipinski definition) is 1. The van der Waals surface area contributed by atoms with Crippen molar-refractivity contribution in [2.45, 2.75) is 19.4 Å². The fourth-order valence-electron chi connectivity index (χ4n) is 1.42. The zero-order valence-corrected chi connectivity index (χ0v) is 9.44. The van der Waals surface area contributed by atoms with Gasteiger partial charge in [-0.3, -0.25) is 5.10 Å². The van der Waals surface area contributed by atoms with Crippen molar-refractivity contribution in [2.24, 2.45) is 0 Å². The number of nitrogens with zero attached hydrogens (tertiary/aromatic N) is 2. The van der Waals surface area contributed by atoms with Crippen LogP contribution in [0.3, 0.4) is 0 Å². The summed E-state index contributed by atoms with van der Waals surface area (Å²) in [7, 11) is 0. The fraction of sp³-hybridized carbons (Fsp3) is 0.333. The Morgan fingerprint density at radius 2 is 2.57 bits per heavy atom. The van der Waals surface area contributed by atoms with E-state index in [1.165, 1.54) is 5.56 Å². The van der Waals surface area contributed by atoms with Crippen molar-refractivity contribution in [3.8, 4) is 0 Å². The molecule has 1 atom stereocenters. The zero-order valence-electron chi connectivity index (χ0n) is 7.80. The Morgan fingerprint density at radius 1 is 1.71 bits per heavy atom. The smallest absolute Gasteiger partial charge is 0.195 e. The van der Waals surface area contributed by atoms with Crippen LogP contribution in [0.25, 0.3) is 0 Å². The van der Waals surface area contributed by atoms with Gasteiger partial charge in [-0.2, -0.15) is 16.4 Å². The van der Waals surface area contributed by atoms with E-state index < -0.39 is 0 Å². The lowest BCUT2D eigenvalue weighted by molar-refractivity contribution is 0.537. The monoisotopic (exact) mass is 225 g/mol. The molecule has 2 aromatic heterocycles. The molecule has 0 amide bonds. The maximum atomic E-state index is 5.10. The van der Waals surface area contributed by atoms with Gasteiger partial charge in [0.15, 0.2) is 4.77 Å². The minimum absolute atomic E-state index is 0.357. The molecule has 0 aliphatic rings. The summed E-state index contributed by atoms with van der Waals surface area (Å²) < 4.78 is 2.67. The van der Waals surface area contributed by atoms with Crippen LogP contribution in [-0.4, -0.2) is 14.8 Å². The van der Waals surface area contributed by atoms with Gasteiger partial charge in [-0.15, -0.1) is 0 Å². The van der Waals surface area contributed by atoms with Gasteiger partial charge in [0.05, 0.1) is 0 Å². The molecule has 0 spiro atoms. The standard InChI is InChI=1S/C9H11N3S2/c1-7(4-8-2-3-14-5-8)12-6-10-11-9(12)13/h2-3,5-7H,4H2,1H3,(H,11,13). The van der Waals surface area contributed by atoms with Crippen molar-refractivity contribution in [3.05, 3.63) is 33.5 Å². The summed E-state index contributed by atoms with van der Waals surface area (Å²) in [5.41, 5.74) is 1.35. The molecule has 0 radical (unpaired) electrons. The number of aromatic amines is 1. The molecule has 2 heterocycles. The Bertz CT molecular complexity index is 441. The minimum Gasteiger partial charge on any atom is -0.304 e. The van der Waals surface area contributed by atoms with E-state index in [2.05, 4.69) is 33.9 Å². The minimum atomic E-state index is 0.357. The maximum absolute atomic E-state index is 5.10. The largest absolute Gasteiger partial charge is 0.304 e. The summed E-state index contributed by atoms with van der Waals surface area (Å²) in [5.74, 6) is 0. The van der Waals surface area contributed by atoms with E-state index in [0.29, 0.717) is 10.8 Å². The summed E-state index contributed by atoms with van der Waals surface area (Å²) in [4.78, 5) is 0. The molecule has 0 fully saturated rings. The number of thiophene rings is 1. The molecule has 74 valence electrons.